The third-order valence-corrected chi connectivity index (χ3v) is 14.3. The molecule has 5 rings (SSSR count). The van der Waals surface area contributed by atoms with E-state index in [-0.39, 0.29) is 84.4 Å². The number of aromatic nitrogens is 4. The number of thioether (sulfide) groups is 1. The first-order valence-corrected chi connectivity index (χ1v) is 27.5. The highest BCUT2D eigenvalue weighted by atomic mass is 32.2. The van der Waals surface area contributed by atoms with Crippen molar-refractivity contribution in [1.82, 2.24) is 56.3 Å². The molecule has 0 radical (unpaired) electrons. The molecule has 2 aliphatic rings. The van der Waals surface area contributed by atoms with E-state index in [9.17, 15) is 33.9 Å². The zero-order valence-corrected chi connectivity index (χ0v) is 43.5. The van der Waals surface area contributed by atoms with Gasteiger partial charge in [-0.05, 0) is 114 Å². The molecule has 3 aromatic rings. The van der Waals surface area contributed by atoms with Gasteiger partial charge in [0, 0.05) is 50.6 Å². The average Bonchev–Trinajstić information content (AvgIpc) is 3.84. The van der Waals surface area contributed by atoms with E-state index in [0.29, 0.717) is 55.4 Å². The quantitative estimate of drug-likeness (QED) is 0.0295. The molecule has 1 aliphatic heterocycles. The number of benzene rings is 1. The van der Waals surface area contributed by atoms with E-state index in [4.69, 9.17) is 5.73 Å². The number of nitrogens with two attached hydrogens (primary N) is 1. The SMILES string of the molecule is CCCCCCCCNC(=O)CSC1CC(=O)N(CC2CCC(C(=O)NCCCNCCCCNCCCNC(=O)CNC(=O)c3ccc(Cn4c(O)nc5c(N)nc(NCCCC)nc54)cc3)CC2)C1=O. The van der Waals surface area contributed by atoms with Gasteiger partial charge in [0.25, 0.3) is 11.9 Å². The lowest BCUT2D eigenvalue weighted by Crippen LogP contribution is -2.39. The van der Waals surface area contributed by atoms with Crippen LogP contribution in [0.5, 0.6) is 6.01 Å². The molecule has 20 nitrogen and oxygen atoms in total. The Labute approximate surface area is 429 Å². The van der Waals surface area contributed by atoms with Crippen molar-refractivity contribution in [3.05, 3.63) is 35.4 Å². The minimum absolute atomic E-state index is 0.0445. The molecule has 398 valence electrons. The van der Waals surface area contributed by atoms with Crippen LogP contribution in [-0.4, -0.2) is 141 Å². The number of imidazole rings is 1. The molecule has 1 aliphatic carbocycles. The number of nitrogens with one attached hydrogen (secondary N) is 7. The van der Waals surface area contributed by atoms with Crippen molar-refractivity contribution in [3.8, 4) is 6.01 Å². The Morgan fingerprint density at radius 3 is 2.04 bits per heavy atom. The molecule has 1 atom stereocenters. The zero-order valence-electron chi connectivity index (χ0n) is 42.7. The van der Waals surface area contributed by atoms with Gasteiger partial charge in [0.1, 0.15) is 0 Å². The van der Waals surface area contributed by atoms with Gasteiger partial charge < -0.3 is 48.1 Å². The minimum atomic E-state index is -0.499. The number of carbonyl (C=O) groups excluding carboxylic acids is 6. The maximum atomic E-state index is 13.1. The maximum Gasteiger partial charge on any atom is 0.296 e. The topological polar surface area (TPSA) is 280 Å². The predicted molar refractivity (Wildman–Crippen MR) is 282 cm³/mol. The van der Waals surface area contributed by atoms with Crippen molar-refractivity contribution in [3.63, 3.8) is 0 Å². The first kappa shape index (κ1) is 57.4. The smallest absolute Gasteiger partial charge is 0.296 e. The van der Waals surface area contributed by atoms with Crippen molar-refractivity contribution in [2.75, 3.05) is 82.3 Å². The molecule has 1 saturated heterocycles. The van der Waals surface area contributed by atoms with Gasteiger partial charge in [0.05, 0.1) is 24.1 Å². The monoisotopic (exact) mass is 1020 g/mol. The molecule has 1 unspecified atom stereocenters. The number of aromatic hydroxyl groups is 1. The summed E-state index contributed by atoms with van der Waals surface area (Å²) in [5.41, 5.74) is 7.99. The highest BCUT2D eigenvalue weighted by molar-refractivity contribution is 8.01. The second-order valence-corrected chi connectivity index (χ2v) is 20.2. The standard InChI is InChI=1S/C51H81N13O7S/c1-3-5-7-8-9-10-28-56-42(66)35-72-40-31-43(67)63(49(40)70)33-36-15-19-38(20-16-36)47(68)57-30-14-26-54-24-12-11-23-53-25-13-29-55-41(65)32-59-48(69)39-21-17-37(18-22-39)34-64-46-44(60-51(64)71)45(52)61-50(62-46)58-27-6-4-2/h17-18,21-22,36,38,40,53-54H,3-16,19-20,23-35H2,1-2H3,(H,55,65)(H,56,66)(H,57,68)(H,59,69)(H,60,71)(H3,52,58,61,62). The number of imide groups is 1. The first-order valence-electron chi connectivity index (χ1n) is 26.5. The number of carbonyl (C=O) groups is 6. The minimum Gasteiger partial charge on any atom is -0.480 e. The molecule has 1 saturated carbocycles. The van der Waals surface area contributed by atoms with Gasteiger partial charge in [0.2, 0.25) is 35.5 Å². The van der Waals surface area contributed by atoms with Crippen molar-refractivity contribution in [2.24, 2.45) is 11.8 Å². The van der Waals surface area contributed by atoms with Crippen molar-refractivity contribution in [2.45, 2.75) is 135 Å². The van der Waals surface area contributed by atoms with Crippen LogP contribution in [-0.2, 0) is 30.5 Å². The van der Waals surface area contributed by atoms with Crippen LogP contribution in [0.15, 0.2) is 24.3 Å². The third kappa shape index (κ3) is 19.5. The van der Waals surface area contributed by atoms with E-state index in [0.717, 1.165) is 109 Å². The molecule has 6 amide bonds. The van der Waals surface area contributed by atoms with Gasteiger partial charge in [-0.25, -0.2) is 0 Å². The Bertz CT molecular complexity index is 2180. The molecule has 0 bridgehead atoms. The lowest BCUT2D eigenvalue weighted by Gasteiger charge is -2.30. The summed E-state index contributed by atoms with van der Waals surface area (Å²) in [6, 6.07) is 6.60. The average molecular weight is 1020 g/mol. The Kier molecular flexibility index (Phi) is 25.3. The van der Waals surface area contributed by atoms with Gasteiger partial charge in [-0.2, -0.15) is 15.0 Å². The van der Waals surface area contributed by atoms with Crippen LogP contribution >= 0.6 is 11.8 Å². The molecule has 3 heterocycles. The van der Waals surface area contributed by atoms with Gasteiger partial charge in [0.15, 0.2) is 17.0 Å². The summed E-state index contributed by atoms with van der Waals surface area (Å²) in [5.74, 6) is -0.138. The summed E-state index contributed by atoms with van der Waals surface area (Å²) in [6.45, 7) is 10.6. The number of likely N-dealkylation sites (tertiary alicyclic amines) is 1. The third-order valence-electron chi connectivity index (χ3n) is 13.1. The lowest BCUT2D eigenvalue weighted by atomic mass is 9.81. The van der Waals surface area contributed by atoms with Crippen molar-refractivity contribution < 1.29 is 33.9 Å². The van der Waals surface area contributed by atoms with Gasteiger partial charge in [-0.15, -0.1) is 11.8 Å². The van der Waals surface area contributed by atoms with E-state index in [2.05, 4.69) is 66.0 Å². The van der Waals surface area contributed by atoms with Crippen LogP contribution < -0.4 is 43.0 Å². The summed E-state index contributed by atoms with van der Waals surface area (Å²) in [4.78, 5) is 90.4. The summed E-state index contributed by atoms with van der Waals surface area (Å²) >= 11 is 1.26. The highest BCUT2D eigenvalue weighted by Crippen LogP contribution is 2.33. The molecular formula is C51H81N13O7S. The van der Waals surface area contributed by atoms with Crippen LogP contribution in [0.25, 0.3) is 11.2 Å². The fourth-order valence-corrected chi connectivity index (χ4v) is 9.83. The number of unbranched alkanes of at least 4 members (excludes halogenated alkanes) is 7. The van der Waals surface area contributed by atoms with E-state index >= 15 is 0 Å². The Morgan fingerprint density at radius 1 is 0.708 bits per heavy atom. The van der Waals surface area contributed by atoms with Crippen molar-refractivity contribution in [1.29, 1.82) is 0 Å². The van der Waals surface area contributed by atoms with Crippen LogP contribution in [0.3, 0.4) is 0 Å². The molecule has 0 spiro atoms. The summed E-state index contributed by atoms with van der Waals surface area (Å²) < 4.78 is 1.53. The number of nitrogen functional groups attached to an aromatic ring is 1. The van der Waals surface area contributed by atoms with Crippen LogP contribution in [0.1, 0.15) is 139 Å². The Hall–Kier alpha value is -5.54. The Morgan fingerprint density at radius 2 is 1.33 bits per heavy atom. The van der Waals surface area contributed by atoms with Crippen LogP contribution in [0.2, 0.25) is 0 Å². The van der Waals surface area contributed by atoms with Gasteiger partial charge >= 0.3 is 0 Å². The zero-order chi connectivity index (χ0) is 51.5. The predicted octanol–water partition coefficient (Wildman–Crippen LogP) is 4.22. The number of rotatable bonds is 35. The van der Waals surface area contributed by atoms with E-state index in [1.165, 1.54) is 46.9 Å². The number of fused-ring (bicyclic) bond motifs is 1. The number of hydrogen-bond acceptors (Lipinski definition) is 15. The molecular weight excluding hydrogens is 939 g/mol. The van der Waals surface area contributed by atoms with Crippen LogP contribution in [0.4, 0.5) is 11.8 Å². The Balaban J connectivity index is 0.811. The maximum absolute atomic E-state index is 13.1. The number of nitrogens with zero attached hydrogens (tertiary/aromatic N) is 5. The van der Waals surface area contributed by atoms with Crippen molar-refractivity contribution >= 4 is 70.1 Å². The van der Waals surface area contributed by atoms with E-state index in [1.54, 1.807) is 24.3 Å². The van der Waals surface area contributed by atoms with Gasteiger partial charge in [-0.3, -0.25) is 38.2 Å². The molecule has 21 heteroatoms. The fraction of sp³-hybridized carbons (Fsp3) is 0.667. The molecule has 2 fully saturated rings. The number of hydrogen-bond donors (Lipinski definition) is 9. The van der Waals surface area contributed by atoms with E-state index in [1.807, 2.05) is 0 Å². The van der Waals surface area contributed by atoms with Crippen LogP contribution in [0, 0.1) is 11.8 Å². The second kappa shape index (κ2) is 31.8. The number of amides is 6. The molecule has 1 aromatic carbocycles. The molecule has 72 heavy (non-hydrogen) atoms. The largest absolute Gasteiger partial charge is 0.480 e. The molecule has 2 aromatic heterocycles. The van der Waals surface area contributed by atoms with E-state index < -0.39 is 5.25 Å². The summed E-state index contributed by atoms with van der Waals surface area (Å²) in [6.07, 6.45) is 15.8. The van der Waals surface area contributed by atoms with Gasteiger partial charge in [-0.1, -0.05) is 64.5 Å². The molecule has 10 N–H and O–H groups in total. The normalized spacial score (nSPS) is 16.8. The lowest BCUT2D eigenvalue weighted by molar-refractivity contribution is -0.139. The highest BCUT2D eigenvalue weighted by Gasteiger charge is 2.40. The number of anilines is 2. The fourth-order valence-electron chi connectivity index (χ4n) is 8.84. The summed E-state index contributed by atoms with van der Waals surface area (Å²) in [5, 5.41) is 31.6. The summed E-state index contributed by atoms with van der Waals surface area (Å²) in [7, 11) is 0. The first-order chi connectivity index (χ1) is 35.0. The second-order valence-electron chi connectivity index (χ2n) is 19.0.